The molecule has 0 unspecified atom stereocenters. The Morgan fingerprint density at radius 1 is 1.22 bits per heavy atom. The smallest absolute Gasteiger partial charge is 0.364 e. The summed E-state index contributed by atoms with van der Waals surface area (Å²) in [6.45, 7) is -1.51. The molecule has 0 atom stereocenters. The highest BCUT2D eigenvalue weighted by molar-refractivity contribution is 5.83. The van der Waals surface area contributed by atoms with Crippen molar-refractivity contribution in [2.75, 3.05) is 13.2 Å². The standard InChI is InChI=1S/C11H20F3N3O/c12-11(13,14)8-18-7-10(17-15)16-9-5-3-1-2-4-6-9/h9H,1-8,15H2,(H,16,17). The molecule has 18 heavy (non-hydrogen) atoms. The first kappa shape index (κ1) is 15.2. The quantitative estimate of drug-likeness (QED) is 0.270. The predicted molar refractivity (Wildman–Crippen MR) is 63.1 cm³/mol. The van der Waals surface area contributed by atoms with Crippen LogP contribution in [0.3, 0.4) is 0 Å². The fourth-order valence-corrected chi connectivity index (χ4v) is 1.99. The van der Waals surface area contributed by atoms with Crippen molar-refractivity contribution < 1.29 is 17.9 Å². The molecule has 3 N–H and O–H groups in total. The molecule has 0 spiro atoms. The fourth-order valence-electron chi connectivity index (χ4n) is 1.99. The van der Waals surface area contributed by atoms with Gasteiger partial charge in [0, 0.05) is 0 Å². The summed E-state index contributed by atoms with van der Waals surface area (Å²) < 4.78 is 40.2. The number of nitrogens with zero attached hydrogens (tertiary/aromatic N) is 1. The van der Waals surface area contributed by atoms with E-state index in [-0.39, 0.29) is 18.5 Å². The molecule has 1 aliphatic rings. The second-order valence-corrected chi connectivity index (χ2v) is 4.47. The summed E-state index contributed by atoms with van der Waals surface area (Å²) in [5.41, 5.74) is 2.31. The van der Waals surface area contributed by atoms with Crippen LogP contribution >= 0.6 is 0 Å². The molecule has 0 aliphatic heterocycles. The number of nitrogens with two attached hydrogens (primary N) is 1. The van der Waals surface area contributed by atoms with Gasteiger partial charge in [-0.2, -0.15) is 13.2 Å². The summed E-state index contributed by atoms with van der Waals surface area (Å²) in [6, 6.07) is 0.146. The molecule has 1 aliphatic carbocycles. The van der Waals surface area contributed by atoms with Crippen molar-refractivity contribution in [2.24, 2.45) is 10.8 Å². The van der Waals surface area contributed by atoms with Gasteiger partial charge in [0.25, 0.3) is 0 Å². The van der Waals surface area contributed by atoms with Gasteiger partial charge in [-0.3, -0.25) is 4.99 Å². The van der Waals surface area contributed by atoms with Crippen LogP contribution in [0.15, 0.2) is 4.99 Å². The van der Waals surface area contributed by atoms with Crippen LogP contribution in [0.1, 0.15) is 38.5 Å². The molecule has 4 nitrogen and oxygen atoms in total. The third kappa shape index (κ3) is 6.80. The van der Waals surface area contributed by atoms with E-state index in [9.17, 15) is 13.2 Å². The Bertz CT molecular complexity index is 261. The summed E-state index contributed by atoms with van der Waals surface area (Å²) in [6.07, 6.45) is 2.21. The van der Waals surface area contributed by atoms with Crippen LogP contribution in [0.5, 0.6) is 0 Å². The van der Waals surface area contributed by atoms with Crippen molar-refractivity contribution in [1.82, 2.24) is 5.43 Å². The number of nitrogens with one attached hydrogen (secondary N) is 1. The molecule has 7 heteroatoms. The number of aliphatic imine (C=N–C) groups is 1. The van der Waals surface area contributed by atoms with Crippen molar-refractivity contribution in [2.45, 2.75) is 50.7 Å². The zero-order valence-electron chi connectivity index (χ0n) is 10.3. The SMILES string of the molecule is NNC(COCC(F)(F)F)=NC1CCCCCC1. The van der Waals surface area contributed by atoms with Crippen molar-refractivity contribution in [3.05, 3.63) is 0 Å². The number of halogens is 3. The third-order valence-electron chi connectivity index (χ3n) is 2.83. The lowest BCUT2D eigenvalue weighted by Crippen LogP contribution is -2.36. The predicted octanol–water partition coefficient (Wildman–Crippen LogP) is 2.15. The monoisotopic (exact) mass is 267 g/mol. The first-order valence-corrected chi connectivity index (χ1v) is 6.19. The van der Waals surface area contributed by atoms with Crippen LogP contribution < -0.4 is 11.3 Å². The number of hydrogen-bond donors (Lipinski definition) is 2. The first-order valence-electron chi connectivity index (χ1n) is 6.19. The summed E-state index contributed by atoms with van der Waals surface area (Å²) in [5, 5.41) is 0. The van der Waals surface area contributed by atoms with Crippen LogP contribution in [0.25, 0.3) is 0 Å². The highest BCUT2D eigenvalue weighted by atomic mass is 19.4. The molecule has 0 saturated heterocycles. The van der Waals surface area contributed by atoms with Crippen molar-refractivity contribution in [1.29, 1.82) is 0 Å². The van der Waals surface area contributed by atoms with E-state index in [4.69, 9.17) is 5.84 Å². The molecule has 0 aromatic rings. The van der Waals surface area contributed by atoms with E-state index < -0.39 is 12.8 Å². The third-order valence-corrected chi connectivity index (χ3v) is 2.83. The maximum Gasteiger partial charge on any atom is 0.411 e. The lowest BCUT2D eigenvalue weighted by atomic mass is 10.1. The molecule has 0 radical (unpaired) electrons. The van der Waals surface area contributed by atoms with Crippen LogP contribution in [-0.2, 0) is 4.74 Å². The van der Waals surface area contributed by atoms with E-state index in [1.807, 2.05) is 0 Å². The van der Waals surface area contributed by atoms with Gasteiger partial charge in [0.2, 0.25) is 0 Å². The van der Waals surface area contributed by atoms with Gasteiger partial charge in [-0.25, -0.2) is 5.84 Å². The summed E-state index contributed by atoms with van der Waals surface area (Å²) in [7, 11) is 0. The zero-order chi connectivity index (χ0) is 13.4. The van der Waals surface area contributed by atoms with Gasteiger partial charge in [0.1, 0.15) is 19.0 Å². The lowest BCUT2D eigenvalue weighted by Gasteiger charge is -2.13. The Labute approximate surface area is 105 Å². The van der Waals surface area contributed by atoms with E-state index >= 15 is 0 Å². The van der Waals surface area contributed by atoms with E-state index in [0.29, 0.717) is 0 Å². The maximum atomic E-state index is 11.9. The average molecular weight is 267 g/mol. The van der Waals surface area contributed by atoms with Gasteiger partial charge in [0.15, 0.2) is 0 Å². The molecule has 1 rings (SSSR count). The molecule has 0 heterocycles. The van der Waals surface area contributed by atoms with E-state index in [2.05, 4.69) is 15.2 Å². The van der Waals surface area contributed by atoms with Crippen LogP contribution in [0.2, 0.25) is 0 Å². The minimum atomic E-state index is -4.32. The summed E-state index contributed by atoms with van der Waals surface area (Å²) in [5.74, 6) is 5.52. The minimum absolute atomic E-state index is 0.146. The molecule has 1 fully saturated rings. The van der Waals surface area contributed by atoms with Gasteiger partial charge < -0.3 is 10.2 Å². The molecule has 106 valence electrons. The van der Waals surface area contributed by atoms with Crippen LogP contribution in [-0.4, -0.2) is 31.3 Å². The van der Waals surface area contributed by atoms with Crippen molar-refractivity contribution in [3.8, 4) is 0 Å². The second kappa shape index (κ2) is 7.58. The van der Waals surface area contributed by atoms with E-state index in [0.717, 1.165) is 25.7 Å². The Morgan fingerprint density at radius 3 is 2.33 bits per heavy atom. The largest absolute Gasteiger partial charge is 0.411 e. The number of alkyl halides is 3. The van der Waals surface area contributed by atoms with Crippen molar-refractivity contribution >= 4 is 5.84 Å². The van der Waals surface area contributed by atoms with Gasteiger partial charge in [-0.15, -0.1) is 0 Å². The molecule has 0 aromatic carbocycles. The van der Waals surface area contributed by atoms with Crippen LogP contribution in [0.4, 0.5) is 13.2 Å². The molecule has 1 saturated carbocycles. The van der Waals surface area contributed by atoms with Gasteiger partial charge >= 0.3 is 6.18 Å². The van der Waals surface area contributed by atoms with Gasteiger partial charge in [-0.1, -0.05) is 25.7 Å². The molecular weight excluding hydrogens is 247 g/mol. The fraction of sp³-hybridized carbons (Fsp3) is 0.909. The zero-order valence-corrected chi connectivity index (χ0v) is 10.3. The normalized spacial score (nSPS) is 19.7. The minimum Gasteiger partial charge on any atom is -0.364 e. The molecular formula is C11H20F3N3O. The van der Waals surface area contributed by atoms with Crippen molar-refractivity contribution in [3.63, 3.8) is 0 Å². The maximum absolute atomic E-state index is 11.9. The number of rotatable bonds is 4. The molecule has 0 amide bonds. The lowest BCUT2D eigenvalue weighted by molar-refractivity contribution is -0.170. The summed E-state index contributed by atoms with van der Waals surface area (Å²) >= 11 is 0. The first-order chi connectivity index (χ1) is 8.51. The Kier molecular flexibility index (Phi) is 6.42. The van der Waals surface area contributed by atoms with E-state index in [1.54, 1.807) is 0 Å². The summed E-state index contributed by atoms with van der Waals surface area (Å²) in [4.78, 5) is 4.32. The Hall–Kier alpha value is -0.820. The number of amidine groups is 1. The van der Waals surface area contributed by atoms with E-state index in [1.165, 1.54) is 12.8 Å². The highest BCUT2D eigenvalue weighted by Gasteiger charge is 2.27. The highest BCUT2D eigenvalue weighted by Crippen LogP contribution is 2.20. The molecule has 0 aromatic heterocycles. The second-order valence-electron chi connectivity index (χ2n) is 4.47. The number of ether oxygens (including phenoxy) is 1. The topological polar surface area (TPSA) is 59.6 Å². The van der Waals surface area contributed by atoms with Crippen LogP contribution in [0, 0.1) is 0 Å². The van der Waals surface area contributed by atoms with Gasteiger partial charge in [-0.05, 0) is 12.8 Å². The average Bonchev–Trinajstić information content (AvgIpc) is 2.54. The Balaban J connectivity index is 2.38. The Morgan fingerprint density at radius 2 is 1.83 bits per heavy atom. The molecule has 0 bridgehead atoms. The number of hydrazine groups is 1. The van der Waals surface area contributed by atoms with Gasteiger partial charge in [0.05, 0.1) is 6.04 Å². The number of hydrogen-bond acceptors (Lipinski definition) is 3.